The highest BCUT2D eigenvalue weighted by atomic mass is 31.2. The largest absolute Gasteiger partial charge is 0.469 e. The van der Waals surface area contributed by atoms with Crippen LogP contribution < -0.4 is 0 Å². The Labute approximate surface area is 307 Å². The fourth-order valence-electron chi connectivity index (χ4n) is 6.13. The molecule has 9 heteroatoms. The number of carbonyl (C=O) groups is 2. The van der Waals surface area contributed by atoms with Crippen LogP contribution in [0.2, 0.25) is 0 Å². The molecule has 0 aliphatic rings. The summed E-state index contributed by atoms with van der Waals surface area (Å²) < 4.78 is 26.3. The van der Waals surface area contributed by atoms with Crippen LogP contribution in [0.25, 0.3) is 0 Å². The standard InChI is InChI=1S/C41H79O8P/c1-3-5-7-9-11-13-15-16-17-18-19-20-21-22-23-24-26-27-29-31-33-35-40(42)47-37-39(38-48-50(44,45)46)49-41(43)36-34-32-30-28-25-14-12-10-8-6-4-2/h16-17,39H,3-15,18-38H2,1-2H3,(H2,44,45,46)/b17-16+/t39-/m1/s1. The van der Waals surface area contributed by atoms with Crippen LogP contribution in [0.5, 0.6) is 0 Å². The van der Waals surface area contributed by atoms with E-state index in [1.165, 1.54) is 148 Å². The highest BCUT2D eigenvalue weighted by Crippen LogP contribution is 2.36. The first-order valence-electron chi connectivity index (χ1n) is 21.0. The lowest BCUT2D eigenvalue weighted by Gasteiger charge is -2.18. The summed E-state index contributed by atoms with van der Waals surface area (Å²) in [5, 5.41) is 0. The zero-order chi connectivity index (χ0) is 36.8. The van der Waals surface area contributed by atoms with Gasteiger partial charge in [-0.05, 0) is 38.5 Å². The number of phosphoric ester groups is 1. The zero-order valence-electron chi connectivity index (χ0n) is 32.6. The topological polar surface area (TPSA) is 119 Å². The van der Waals surface area contributed by atoms with Gasteiger partial charge in [-0.3, -0.25) is 14.1 Å². The second kappa shape index (κ2) is 37.5. The van der Waals surface area contributed by atoms with Crippen molar-refractivity contribution in [1.82, 2.24) is 0 Å². The van der Waals surface area contributed by atoms with Gasteiger partial charge in [0.15, 0.2) is 6.10 Å². The summed E-state index contributed by atoms with van der Waals surface area (Å²) in [6, 6.07) is 0. The summed E-state index contributed by atoms with van der Waals surface area (Å²) in [5.41, 5.74) is 0. The Hall–Kier alpha value is -1.21. The molecule has 0 amide bonds. The van der Waals surface area contributed by atoms with Crippen LogP contribution in [0, 0.1) is 0 Å². The van der Waals surface area contributed by atoms with Crippen LogP contribution in [-0.4, -0.2) is 41.0 Å². The van der Waals surface area contributed by atoms with Crippen LogP contribution in [0.1, 0.15) is 219 Å². The van der Waals surface area contributed by atoms with Crippen LogP contribution in [-0.2, 0) is 28.2 Å². The molecular weight excluding hydrogens is 651 g/mol. The molecule has 0 unspecified atom stereocenters. The Bertz CT molecular complexity index is 827. The average molecular weight is 731 g/mol. The lowest BCUT2D eigenvalue weighted by molar-refractivity contribution is -0.161. The van der Waals surface area contributed by atoms with Crippen LogP contribution >= 0.6 is 7.82 Å². The monoisotopic (exact) mass is 731 g/mol. The van der Waals surface area contributed by atoms with Crippen LogP contribution in [0.15, 0.2) is 12.2 Å². The van der Waals surface area contributed by atoms with Crippen molar-refractivity contribution >= 4 is 19.8 Å². The van der Waals surface area contributed by atoms with Gasteiger partial charge in [0, 0.05) is 12.8 Å². The van der Waals surface area contributed by atoms with Gasteiger partial charge in [0.25, 0.3) is 0 Å². The molecule has 1 atom stereocenters. The average Bonchev–Trinajstić information content (AvgIpc) is 3.08. The number of ether oxygens (including phenoxy) is 2. The van der Waals surface area contributed by atoms with Gasteiger partial charge in [-0.15, -0.1) is 0 Å². The van der Waals surface area contributed by atoms with E-state index >= 15 is 0 Å². The number of carbonyl (C=O) groups excluding carboxylic acids is 2. The quantitative estimate of drug-likeness (QED) is 0.0278. The first-order valence-corrected chi connectivity index (χ1v) is 22.5. The molecule has 8 nitrogen and oxygen atoms in total. The summed E-state index contributed by atoms with van der Waals surface area (Å²) >= 11 is 0. The van der Waals surface area contributed by atoms with Crippen molar-refractivity contribution in [2.75, 3.05) is 13.2 Å². The minimum Gasteiger partial charge on any atom is -0.462 e. The second-order valence-corrected chi connectivity index (χ2v) is 15.6. The third-order valence-electron chi connectivity index (χ3n) is 9.28. The first-order chi connectivity index (χ1) is 24.3. The number of unbranched alkanes of at least 4 members (excludes halogenated alkanes) is 27. The van der Waals surface area contributed by atoms with Crippen molar-refractivity contribution in [3.8, 4) is 0 Å². The molecule has 0 aromatic rings. The van der Waals surface area contributed by atoms with E-state index < -0.39 is 32.5 Å². The van der Waals surface area contributed by atoms with E-state index in [9.17, 15) is 14.2 Å². The Kier molecular flexibility index (Phi) is 36.6. The van der Waals surface area contributed by atoms with Gasteiger partial charge in [-0.1, -0.05) is 180 Å². The summed E-state index contributed by atoms with van der Waals surface area (Å²) in [5.74, 6) is -0.876. The minimum atomic E-state index is -4.74. The number of hydrogen-bond acceptors (Lipinski definition) is 6. The number of rotatable bonds is 39. The van der Waals surface area contributed by atoms with E-state index in [1.54, 1.807) is 0 Å². The predicted molar refractivity (Wildman–Crippen MR) is 207 cm³/mol. The fourth-order valence-corrected chi connectivity index (χ4v) is 6.49. The predicted octanol–water partition coefficient (Wildman–Crippen LogP) is 12.6. The summed E-state index contributed by atoms with van der Waals surface area (Å²) in [6.07, 6.45) is 40.8. The van der Waals surface area contributed by atoms with Crippen molar-refractivity contribution in [3.05, 3.63) is 12.2 Å². The fraction of sp³-hybridized carbons (Fsp3) is 0.902. The van der Waals surface area contributed by atoms with E-state index in [0.717, 1.165) is 38.5 Å². The van der Waals surface area contributed by atoms with E-state index in [4.69, 9.17) is 19.3 Å². The Morgan fingerprint density at radius 2 is 0.840 bits per heavy atom. The van der Waals surface area contributed by atoms with Gasteiger partial charge >= 0.3 is 19.8 Å². The zero-order valence-corrected chi connectivity index (χ0v) is 33.5. The van der Waals surface area contributed by atoms with E-state index in [0.29, 0.717) is 6.42 Å². The highest BCUT2D eigenvalue weighted by molar-refractivity contribution is 7.46. The Morgan fingerprint density at radius 3 is 1.22 bits per heavy atom. The summed E-state index contributed by atoms with van der Waals surface area (Å²) in [6.45, 7) is 3.68. The van der Waals surface area contributed by atoms with Gasteiger partial charge in [0.1, 0.15) is 6.61 Å². The molecule has 0 saturated heterocycles. The molecule has 0 bridgehead atoms. The number of phosphoric acid groups is 1. The molecule has 0 aliphatic heterocycles. The molecule has 50 heavy (non-hydrogen) atoms. The number of hydrogen-bond donors (Lipinski definition) is 2. The van der Waals surface area contributed by atoms with Crippen LogP contribution in [0.4, 0.5) is 0 Å². The smallest absolute Gasteiger partial charge is 0.462 e. The van der Waals surface area contributed by atoms with Crippen molar-refractivity contribution in [2.45, 2.75) is 225 Å². The maximum absolute atomic E-state index is 12.3. The SMILES string of the molecule is CCCCCCCC/C=C/CCCCCCCCCCCCCC(=O)OC[C@H](COP(=O)(O)O)OC(=O)CCCCCCCCCCCCC. The van der Waals surface area contributed by atoms with Crippen molar-refractivity contribution in [2.24, 2.45) is 0 Å². The molecule has 0 spiro atoms. The van der Waals surface area contributed by atoms with Gasteiger partial charge in [0.2, 0.25) is 0 Å². The minimum absolute atomic E-state index is 0.217. The molecule has 0 fully saturated rings. The van der Waals surface area contributed by atoms with Gasteiger partial charge in [-0.2, -0.15) is 0 Å². The van der Waals surface area contributed by atoms with Gasteiger partial charge < -0.3 is 19.3 Å². The molecular formula is C41H79O8P. The first kappa shape index (κ1) is 48.8. The molecule has 0 rings (SSSR count). The molecule has 2 N–H and O–H groups in total. The van der Waals surface area contributed by atoms with Gasteiger partial charge in [-0.25, -0.2) is 4.57 Å². The molecule has 0 saturated carbocycles. The maximum atomic E-state index is 12.3. The van der Waals surface area contributed by atoms with Crippen molar-refractivity contribution < 1.29 is 37.9 Å². The third-order valence-corrected chi connectivity index (χ3v) is 9.77. The molecule has 0 aromatic heterocycles. The Morgan fingerprint density at radius 1 is 0.500 bits per heavy atom. The van der Waals surface area contributed by atoms with E-state index in [1.807, 2.05) is 0 Å². The third kappa shape index (κ3) is 39.6. The lowest BCUT2D eigenvalue weighted by atomic mass is 10.0. The van der Waals surface area contributed by atoms with E-state index in [2.05, 4.69) is 30.5 Å². The molecule has 0 radical (unpaired) electrons. The van der Waals surface area contributed by atoms with Crippen molar-refractivity contribution in [1.29, 1.82) is 0 Å². The maximum Gasteiger partial charge on any atom is 0.469 e. The number of esters is 2. The Balaban J connectivity index is 3.82. The molecule has 0 aliphatic carbocycles. The van der Waals surface area contributed by atoms with Crippen molar-refractivity contribution in [3.63, 3.8) is 0 Å². The normalized spacial score (nSPS) is 12.5. The van der Waals surface area contributed by atoms with E-state index in [-0.39, 0.29) is 19.4 Å². The molecule has 296 valence electrons. The summed E-state index contributed by atoms with van der Waals surface area (Å²) in [4.78, 5) is 42.7. The summed E-state index contributed by atoms with van der Waals surface area (Å²) in [7, 11) is -4.74. The second-order valence-electron chi connectivity index (χ2n) is 14.3. The molecule has 0 aromatic carbocycles. The lowest BCUT2D eigenvalue weighted by Crippen LogP contribution is -2.29. The highest BCUT2D eigenvalue weighted by Gasteiger charge is 2.22. The number of allylic oxidation sites excluding steroid dienone is 2. The molecule has 0 heterocycles. The van der Waals surface area contributed by atoms with Crippen LogP contribution in [0.3, 0.4) is 0 Å². The van der Waals surface area contributed by atoms with Gasteiger partial charge in [0.05, 0.1) is 6.61 Å².